The Balaban J connectivity index is 2.14. The number of anilines is 1. The van der Waals surface area contributed by atoms with Gasteiger partial charge in [-0.05, 0) is 45.0 Å². The molecule has 0 aliphatic heterocycles. The minimum absolute atomic E-state index is 0.411. The van der Waals surface area contributed by atoms with Crippen LogP contribution in [0.2, 0.25) is 0 Å². The zero-order chi connectivity index (χ0) is 18.5. The summed E-state index contributed by atoms with van der Waals surface area (Å²) in [5.74, 6) is 0.785. The van der Waals surface area contributed by atoms with Gasteiger partial charge in [0, 0.05) is 25.9 Å². The standard InChI is InChI=1S/C18H30N2O5/c1-18(2,3)25-17(21)20-10-9-19-15-5-7-16(8-6-15)24-14-13-23-12-11-22-4/h5-8,19H,9-14H2,1-4H3,(H,20,21). The quantitative estimate of drug-likeness (QED) is 0.595. The summed E-state index contributed by atoms with van der Waals surface area (Å²) in [6.07, 6.45) is -0.411. The highest BCUT2D eigenvalue weighted by Crippen LogP contribution is 2.15. The van der Waals surface area contributed by atoms with E-state index >= 15 is 0 Å². The van der Waals surface area contributed by atoms with Gasteiger partial charge in [-0.2, -0.15) is 0 Å². The van der Waals surface area contributed by atoms with Gasteiger partial charge in [-0.25, -0.2) is 4.79 Å². The van der Waals surface area contributed by atoms with Crippen molar-refractivity contribution in [2.24, 2.45) is 0 Å². The van der Waals surface area contributed by atoms with Crippen molar-refractivity contribution in [3.05, 3.63) is 24.3 Å². The summed E-state index contributed by atoms with van der Waals surface area (Å²) >= 11 is 0. The Labute approximate surface area is 150 Å². The molecule has 1 aromatic rings. The van der Waals surface area contributed by atoms with Crippen molar-refractivity contribution in [1.29, 1.82) is 0 Å². The van der Waals surface area contributed by atoms with Gasteiger partial charge in [0.05, 0.1) is 19.8 Å². The van der Waals surface area contributed by atoms with Crippen molar-refractivity contribution in [3.8, 4) is 5.75 Å². The molecule has 7 heteroatoms. The van der Waals surface area contributed by atoms with E-state index in [0.29, 0.717) is 39.5 Å². The second kappa shape index (κ2) is 11.5. The molecule has 0 aliphatic rings. The zero-order valence-corrected chi connectivity index (χ0v) is 15.6. The Morgan fingerprint density at radius 2 is 1.68 bits per heavy atom. The SMILES string of the molecule is COCCOCCOc1ccc(NCCNC(=O)OC(C)(C)C)cc1. The minimum Gasteiger partial charge on any atom is -0.491 e. The number of nitrogens with one attached hydrogen (secondary N) is 2. The molecule has 0 spiro atoms. The van der Waals surface area contributed by atoms with Crippen LogP contribution in [0, 0.1) is 0 Å². The lowest BCUT2D eigenvalue weighted by Crippen LogP contribution is -2.34. The maximum Gasteiger partial charge on any atom is 0.407 e. The first kappa shape index (κ1) is 21.1. The lowest BCUT2D eigenvalue weighted by atomic mass is 10.2. The number of methoxy groups -OCH3 is 1. The molecule has 1 amide bonds. The molecule has 0 unspecified atom stereocenters. The van der Waals surface area contributed by atoms with Crippen LogP contribution >= 0.6 is 0 Å². The second-order valence-electron chi connectivity index (χ2n) is 6.33. The van der Waals surface area contributed by atoms with E-state index in [4.69, 9.17) is 18.9 Å². The Bertz CT molecular complexity index is 485. The van der Waals surface area contributed by atoms with Gasteiger partial charge in [0.25, 0.3) is 0 Å². The Morgan fingerprint density at radius 3 is 2.32 bits per heavy atom. The minimum atomic E-state index is -0.484. The summed E-state index contributed by atoms with van der Waals surface area (Å²) in [4.78, 5) is 11.5. The van der Waals surface area contributed by atoms with E-state index in [1.165, 1.54) is 0 Å². The maximum atomic E-state index is 11.5. The fourth-order valence-corrected chi connectivity index (χ4v) is 1.82. The first-order valence-electron chi connectivity index (χ1n) is 8.41. The Hall–Kier alpha value is -1.99. The maximum absolute atomic E-state index is 11.5. The van der Waals surface area contributed by atoms with Crippen molar-refractivity contribution >= 4 is 11.8 Å². The molecule has 0 bridgehead atoms. The smallest absolute Gasteiger partial charge is 0.407 e. The van der Waals surface area contributed by atoms with E-state index in [0.717, 1.165) is 11.4 Å². The van der Waals surface area contributed by atoms with Gasteiger partial charge in [-0.3, -0.25) is 0 Å². The highest BCUT2D eigenvalue weighted by atomic mass is 16.6. The van der Waals surface area contributed by atoms with Crippen molar-refractivity contribution < 1.29 is 23.7 Å². The summed E-state index contributed by atoms with van der Waals surface area (Å²) in [7, 11) is 1.64. The van der Waals surface area contributed by atoms with Gasteiger partial charge in [-0.1, -0.05) is 0 Å². The third-order valence-corrected chi connectivity index (χ3v) is 2.90. The molecule has 0 saturated heterocycles. The summed E-state index contributed by atoms with van der Waals surface area (Å²) in [6, 6.07) is 7.63. The van der Waals surface area contributed by atoms with E-state index in [1.807, 2.05) is 45.0 Å². The summed E-state index contributed by atoms with van der Waals surface area (Å²) < 4.78 is 21.0. The molecule has 0 aliphatic carbocycles. The van der Waals surface area contributed by atoms with Crippen LogP contribution in [0.25, 0.3) is 0 Å². The normalized spacial score (nSPS) is 11.0. The molecule has 0 atom stereocenters. The number of hydrogen-bond acceptors (Lipinski definition) is 6. The molecule has 2 N–H and O–H groups in total. The summed E-state index contributed by atoms with van der Waals surface area (Å²) in [5.41, 5.74) is 0.469. The van der Waals surface area contributed by atoms with Gasteiger partial charge in [-0.15, -0.1) is 0 Å². The van der Waals surface area contributed by atoms with Crippen LogP contribution in [0.3, 0.4) is 0 Å². The number of carbonyl (C=O) groups is 1. The van der Waals surface area contributed by atoms with E-state index in [-0.39, 0.29) is 0 Å². The fourth-order valence-electron chi connectivity index (χ4n) is 1.82. The highest BCUT2D eigenvalue weighted by molar-refractivity contribution is 5.67. The van der Waals surface area contributed by atoms with Gasteiger partial charge in [0.15, 0.2) is 0 Å². The van der Waals surface area contributed by atoms with Crippen molar-refractivity contribution in [2.75, 3.05) is 51.9 Å². The summed E-state index contributed by atoms with van der Waals surface area (Å²) in [5, 5.41) is 5.91. The molecule has 1 rings (SSSR count). The average Bonchev–Trinajstić information content (AvgIpc) is 2.54. The van der Waals surface area contributed by atoms with E-state index < -0.39 is 11.7 Å². The van der Waals surface area contributed by atoms with Crippen LogP contribution in [0.5, 0.6) is 5.75 Å². The van der Waals surface area contributed by atoms with Crippen LogP contribution in [-0.2, 0) is 14.2 Å². The first-order valence-corrected chi connectivity index (χ1v) is 8.41. The van der Waals surface area contributed by atoms with Crippen molar-refractivity contribution in [2.45, 2.75) is 26.4 Å². The van der Waals surface area contributed by atoms with Gasteiger partial charge >= 0.3 is 6.09 Å². The largest absolute Gasteiger partial charge is 0.491 e. The van der Waals surface area contributed by atoms with Crippen LogP contribution in [0.15, 0.2) is 24.3 Å². The lowest BCUT2D eigenvalue weighted by molar-refractivity contribution is 0.0530. The Kier molecular flexibility index (Phi) is 9.72. The van der Waals surface area contributed by atoms with Crippen LogP contribution in [0.4, 0.5) is 10.5 Å². The number of carbonyl (C=O) groups excluding carboxylic acids is 1. The number of alkyl carbamates (subject to hydrolysis) is 1. The molecule has 0 radical (unpaired) electrons. The molecule has 0 heterocycles. The highest BCUT2D eigenvalue weighted by Gasteiger charge is 2.15. The first-order chi connectivity index (χ1) is 11.9. The number of hydrogen-bond donors (Lipinski definition) is 2. The molecular weight excluding hydrogens is 324 g/mol. The predicted octanol–water partition coefficient (Wildman–Crippen LogP) is 2.67. The van der Waals surface area contributed by atoms with Gasteiger partial charge < -0.3 is 29.6 Å². The number of rotatable bonds is 11. The Morgan fingerprint density at radius 1 is 1.00 bits per heavy atom. The molecule has 0 saturated carbocycles. The monoisotopic (exact) mass is 354 g/mol. The molecule has 25 heavy (non-hydrogen) atoms. The third kappa shape index (κ3) is 11.2. The number of ether oxygens (including phenoxy) is 4. The topological polar surface area (TPSA) is 78.0 Å². The molecule has 142 valence electrons. The van der Waals surface area contributed by atoms with E-state index in [1.54, 1.807) is 7.11 Å². The average molecular weight is 354 g/mol. The molecule has 0 aromatic heterocycles. The van der Waals surface area contributed by atoms with Crippen molar-refractivity contribution in [1.82, 2.24) is 5.32 Å². The summed E-state index contributed by atoms with van der Waals surface area (Å²) in [6.45, 7) is 8.76. The molecule has 7 nitrogen and oxygen atoms in total. The lowest BCUT2D eigenvalue weighted by Gasteiger charge is -2.19. The van der Waals surface area contributed by atoms with Gasteiger partial charge in [0.1, 0.15) is 18.0 Å². The number of amides is 1. The van der Waals surface area contributed by atoms with Crippen molar-refractivity contribution in [3.63, 3.8) is 0 Å². The second-order valence-corrected chi connectivity index (χ2v) is 6.33. The van der Waals surface area contributed by atoms with E-state index in [9.17, 15) is 4.79 Å². The fraction of sp³-hybridized carbons (Fsp3) is 0.611. The third-order valence-electron chi connectivity index (χ3n) is 2.90. The van der Waals surface area contributed by atoms with Crippen LogP contribution in [0.1, 0.15) is 20.8 Å². The molecular formula is C18H30N2O5. The molecule has 0 fully saturated rings. The predicted molar refractivity (Wildman–Crippen MR) is 97.4 cm³/mol. The van der Waals surface area contributed by atoms with E-state index in [2.05, 4.69) is 10.6 Å². The van der Waals surface area contributed by atoms with Crippen LogP contribution in [-0.4, -0.2) is 58.3 Å². The number of benzene rings is 1. The van der Waals surface area contributed by atoms with Gasteiger partial charge in [0.2, 0.25) is 0 Å². The zero-order valence-electron chi connectivity index (χ0n) is 15.6. The van der Waals surface area contributed by atoms with Crippen LogP contribution < -0.4 is 15.4 Å². The molecule has 1 aromatic carbocycles.